The van der Waals surface area contributed by atoms with Crippen LogP contribution in [0.3, 0.4) is 0 Å². The van der Waals surface area contributed by atoms with Crippen molar-refractivity contribution in [2.45, 2.75) is 25.2 Å². The van der Waals surface area contributed by atoms with Gasteiger partial charge in [0, 0.05) is 0 Å². The monoisotopic (exact) mass is 192 g/mol. The zero-order valence-electron chi connectivity index (χ0n) is 5.79. The van der Waals surface area contributed by atoms with Crippen LogP contribution in [0.15, 0.2) is 4.99 Å². The first kappa shape index (κ1) is 7.10. The fourth-order valence-electron chi connectivity index (χ4n) is 0.750. The van der Waals surface area contributed by atoms with Crippen LogP contribution in [0.1, 0.15) is 13.8 Å². The van der Waals surface area contributed by atoms with E-state index >= 15 is 0 Å². The van der Waals surface area contributed by atoms with Gasteiger partial charge >= 0.3 is 61.5 Å². The summed E-state index contributed by atoms with van der Waals surface area (Å²) in [5.74, 6) is 0.674. The van der Waals surface area contributed by atoms with Crippen molar-refractivity contribution in [3.63, 3.8) is 0 Å². The first-order valence-electron chi connectivity index (χ1n) is 3.16. The normalized spacial score (nSPS) is 27.0. The Kier molecular flexibility index (Phi) is 2.14. The van der Waals surface area contributed by atoms with E-state index in [9.17, 15) is 0 Å². The molecule has 0 unspecified atom stereocenters. The van der Waals surface area contributed by atoms with E-state index in [4.69, 9.17) is 5.73 Å². The number of rotatable bonds is 1. The Morgan fingerprint density at radius 3 is 2.67 bits per heavy atom. The molecule has 52 valence electrons. The average Bonchev–Trinajstić information content (AvgIpc) is 2.14. The van der Waals surface area contributed by atoms with E-state index in [2.05, 4.69) is 18.8 Å². The molecule has 3 heteroatoms. The number of amidine groups is 1. The molecule has 2 N–H and O–H groups in total. The first-order valence-corrected chi connectivity index (χ1v) is 5.23. The van der Waals surface area contributed by atoms with Crippen molar-refractivity contribution in [3.05, 3.63) is 0 Å². The third-order valence-electron chi connectivity index (χ3n) is 1.46. The van der Waals surface area contributed by atoms with Crippen molar-refractivity contribution < 1.29 is 0 Å². The summed E-state index contributed by atoms with van der Waals surface area (Å²) in [5.41, 5.74) is 5.54. The minimum atomic E-state index is 0.509. The summed E-state index contributed by atoms with van der Waals surface area (Å²) < 4.78 is 0.904. The van der Waals surface area contributed by atoms with Crippen LogP contribution in [0.25, 0.3) is 0 Å². The molecule has 0 aliphatic carbocycles. The first-order chi connectivity index (χ1) is 4.20. The van der Waals surface area contributed by atoms with Crippen LogP contribution in [0.2, 0.25) is 5.32 Å². The SMILES string of the molecule is CC(C)[C@H]1C[Se]C(N)=N1. The second-order valence-electron chi connectivity index (χ2n) is 2.59. The Morgan fingerprint density at radius 2 is 2.44 bits per heavy atom. The van der Waals surface area contributed by atoms with Crippen LogP contribution in [0.5, 0.6) is 0 Å². The molecule has 0 radical (unpaired) electrons. The van der Waals surface area contributed by atoms with E-state index in [1.165, 1.54) is 5.32 Å². The minimum absolute atomic E-state index is 0.509. The van der Waals surface area contributed by atoms with E-state index in [0.717, 1.165) is 4.73 Å². The van der Waals surface area contributed by atoms with Gasteiger partial charge in [0.25, 0.3) is 0 Å². The number of nitrogens with zero attached hydrogens (tertiary/aromatic N) is 1. The summed E-state index contributed by atoms with van der Waals surface area (Å²) in [6.07, 6.45) is 0. The molecular weight excluding hydrogens is 179 g/mol. The van der Waals surface area contributed by atoms with Crippen molar-refractivity contribution in [1.29, 1.82) is 0 Å². The number of aliphatic imine (C=N–C) groups is 1. The summed E-state index contributed by atoms with van der Waals surface area (Å²) in [4.78, 5) is 4.31. The number of hydrogen-bond acceptors (Lipinski definition) is 2. The molecule has 9 heavy (non-hydrogen) atoms. The van der Waals surface area contributed by atoms with E-state index in [1.54, 1.807) is 0 Å². The van der Waals surface area contributed by atoms with Gasteiger partial charge in [-0.2, -0.15) is 0 Å². The Hall–Kier alpha value is -0.0105. The van der Waals surface area contributed by atoms with Gasteiger partial charge in [-0.15, -0.1) is 0 Å². The van der Waals surface area contributed by atoms with E-state index in [1.807, 2.05) is 0 Å². The Labute approximate surface area is 62.1 Å². The molecule has 1 atom stereocenters. The molecule has 0 saturated heterocycles. The van der Waals surface area contributed by atoms with Gasteiger partial charge in [-0.3, -0.25) is 0 Å². The predicted octanol–water partition coefficient (Wildman–Crippen LogP) is 0.462. The van der Waals surface area contributed by atoms with Crippen LogP contribution in [-0.2, 0) is 0 Å². The fraction of sp³-hybridized carbons (Fsp3) is 0.833. The zero-order valence-corrected chi connectivity index (χ0v) is 7.51. The second-order valence-corrected chi connectivity index (χ2v) is 4.77. The van der Waals surface area contributed by atoms with Gasteiger partial charge in [0.2, 0.25) is 0 Å². The molecule has 0 bridgehead atoms. The summed E-state index contributed by atoms with van der Waals surface area (Å²) >= 11 is 0.509. The molecule has 1 aliphatic heterocycles. The molecule has 1 heterocycles. The van der Waals surface area contributed by atoms with Crippen molar-refractivity contribution in [2.24, 2.45) is 16.6 Å². The van der Waals surface area contributed by atoms with Gasteiger partial charge in [-0.05, 0) is 0 Å². The molecule has 0 amide bonds. The standard InChI is InChI=1S/C6H12N2Se/c1-4(2)5-3-9-6(7)8-5/h4-5H,3H2,1-2H3,(H2,7,8)/t5-/m1/s1. The van der Waals surface area contributed by atoms with Crippen LogP contribution < -0.4 is 5.73 Å². The fourth-order valence-corrected chi connectivity index (χ4v) is 2.87. The Morgan fingerprint density at radius 1 is 1.78 bits per heavy atom. The molecule has 0 saturated carbocycles. The van der Waals surface area contributed by atoms with Gasteiger partial charge in [-0.25, -0.2) is 0 Å². The topological polar surface area (TPSA) is 38.4 Å². The quantitative estimate of drug-likeness (QED) is 0.601. The summed E-state index contributed by atoms with van der Waals surface area (Å²) in [5, 5.41) is 1.22. The second kappa shape index (κ2) is 2.72. The van der Waals surface area contributed by atoms with Gasteiger partial charge in [0.15, 0.2) is 0 Å². The summed E-state index contributed by atoms with van der Waals surface area (Å²) in [6, 6.07) is 0.532. The van der Waals surface area contributed by atoms with Crippen molar-refractivity contribution in [2.75, 3.05) is 0 Å². The average molecular weight is 191 g/mol. The summed E-state index contributed by atoms with van der Waals surface area (Å²) in [6.45, 7) is 4.39. The van der Waals surface area contributed by atoms with Crippen LogP contribution >= 0.6 is 0 Å². The Bertz CT molecular complexity index is 131. The summed E-state index contributed by atoms with van der Waals surface area (Å²) in [7, 11) is 0. The van der Waals surface area contributed by atoms with E-state index in [-0.39, 0.29) is 0 Å². The van der Waals surface area contributed by atoms with Gasteiger partial charge in [0.1, 0.15) is 0 Å². The third kappa shape index (κ3) is 1.70. The third-order valence-corrected chi connectivity index (χ3v) is 3.37. The van der Waals surface area contributed by atoms with Crippen molar-refractivity contribution in [1.82, 2.24) is 0 Å². The molecule has 0 aromatic rings. The molecule has 1 aliphatic rings. The molecule has 2 nitrogen and oxygen atoms in total. The van der Waals surface area contributed by atoms with Gasteiger partial charge in [0.05, 0.1) is 0 Å². The van der Waals surface area contributed by atoms with Crippen LogP contribution in [-0.4, -0.2) is 25.7 Å². The molecular formula is C6H12N2Se. The van der Waals surface area contributed by atoms with E-state index in [0.29, 0.717) is 26.9 Å². The molecule has 0 aromatic heterocycles. The predicted molar refractivity (Wildman–Crippen MR) is 40.8 cm³/mol. The number of nitrogens with two attached hydrogens (primary N) is 1. The molecule has 1 rings (SSSR count). The van der Waals surface area contributed by atoms with Gasteiger partial charge in [-0.1, -0.05) is 0 Å². The maximum atomic E-state index is 5.54. The molecule has 0 aromatic carbocycles. The number of hydrogen-bond donors (Lipinski definition) is 1. The molecule has 0 spiro atoms. The van der Waals surface area contributed by atoms with Gasteiger partial charge < -0.3 is 0 Å². The van der Waals surface area contributed by atoms with E-state index < -0.39 is 0 Å². The Balaban J connectivity index is 2.47. The molecule has 0 fully saturated rings. The van der Waals surface area contributed by atoms with Crippen molar-refractivity contribution >= 4 is 19.7 Å². The van der Waals surface area contributed by atoms with Crippen LogP contribution in [0, 0.1) is 5.92 Å². The van der Waals surface area contributed by atoms with Crippen LogP contribution in [0.4, 0.5) is 0 Å². The maximum absolute atomic E-state index is 5.54. The zero-order chi connectivity index (χ0) is 6.85. The van der Waals surface area contributed by atoms with Crippen molar-refractivity contribution in [3.8, 4) is 0 Å².